The lowest BCUT2D eigenvalue weighted by molar-refractivity contribution is -0.129. The van der Waals surface area contributed by atoms with Gasteiger partial charge in [0.25, 0.3) is 0 Å². The molecule has 0 bridgehead atoms. The Balaban J connectivity index is 1.65. The molecule has 2 aliphatic heterocycles. The first-order valence-corrected chi connectivity index (χ1v) is 11.1. The molecule has 3 N–H and O–H groups in total. The minimum absolute atomic E-state index is 0.0304. The van der Waals surface area contributed by atoms with Gasteiger partial charge in [-0.05, 0) is 25.8 Å². The average molecular weight is 472 g/mol. The van der Waals surface area contributed by atoms with Crippen LogP contribution >= 0.6 is 11.6 Å². The number of carbonyl (C=O) groups excluding carboxylic acids is 1. The third-order valence-corrected chi connectivity index (χ3v) is 5.75. The molecule has 3 rings (SSSR count). The third-order valence-electron chi connectivity index (χ3n) is 5.44. The largest absolute Gasteiger partial charge is 0.495 e. The van der Waals surface area contributed by atoms with Gasteiger partial charge in [-0.3, -0.25) is 14.8 Å². The fourth-order valence-electron chi connectivity index (χ4n) is 3.68. The standard InChI is InChI=1S/C23H30ClN7O2/c1-4-5-17(21(25)23-27-8-9-28-23)22(26-2)29-15-20(32)31-12-10-30(11-13-31)16-6-7-18(24)19(14-16)33-3/h4-7,14H,2,8-13,15,25H2,1,3H3,(H,27,28)/b5-4-,21-17-,29-22?. The van der Waals surface area contributed by atoms with E-state index in [2.05, 4.69) is 31.9 Å². The lowest BCUT2D eigenvalue weighted by Crippen LogP contribution is -2.49. The number of rotatable bonds is 7. The number of ether oxygens (including phenoxy) is 1. The molecule has 176 valence electrons. The summed E-state index contributed by atoms with van der Waals surface area (Å²) < 4.78 is 5.31. The van der Waals surface area contributed by atoms with Crippen LogP contribution in [0, 0.1) is 0 Å². The van der Waals surface area contributed by atoms with E-state index >= 15 is 0 Å². The van der Waals surface area contributed by atoms with Crippen LogP contribution in [0.3, 0.4) is 0 Å². The number of nitrogens with two attached hydrogens (primary N) is 1. The Hall–Kier alpha value is -3.33. The molecular weight excluding hydrogens is 442 g/mol. The molecule has 2 aliphatic rings. The lowest BCUT2D eigenvalue weighted by Gasteiger charge is -2.36. The third kappa shape index (κ3) is 5.92. The minimum atomic E-state index is -0.0702. The molecule has 9 nitrogen and oxygen atoms in total. The summed E-state index contributed by atoms with van der Waals surface area (Å²) in [6.07, 6.45) is 3.64. The molecule has 0 saturated carbocycles. The van der Waals surface area contributed by atoms with Gasteiger partial charge >= 0.3 is 0 Å². The Labute approximate surface area is 199 Å². The van der Waals surface area contributed by atoms with Gasteiger partial charge in [-0.25, -0.2) is 4.99 Å². The van der Waals surface area contributed by atoms with Crippen molar-refractivity contribution in [3.05, 3.63) is 46.6 Å². The molecule has 0 atom stereocenters. The van der Waals surface area contributed by atoms with Crippen LogP contribution < -0.4 is 20.7 Å². The molecule has 33 heavy (non-hydrogen) atoms. The normalized spacial score (nSPS) is 17.5. The monoisotopic (exact) mass is 471 g/mol. The molecule has 1 aromatic carbocycles. The zero-order valence-electron chi connectivity index (χ0n) is 19.1. The number of piperazine rings is 1. The minimum Gasteiger partial charge on any atom is -0.495 e. The molecule has 1 aromatic rings. The second-order valence-electron chi connectivity index (χ2n) is 7.47. The molecule has 0 aliphatic carbocycles. The summed E-state index contributed by atoms with van der Waals surface area (Å²) in [5.41, 5.74) is 8.33. The van der Waals surface area contributed by atoms with Crippen LogP contribution in [0.15, 0.2) is 56.6 Å². The van der Waals surface area contributed by atoms with Crippen molar-refractivity contribution in [3.8, 4) is 5.75 Å². The second-order valence-corrected chi connectivity index (χ2v) is 7.88. The Morgan fingerprint density at radius 2 is 2.12 bits per heavy atom. The van der Waals surface area contributed by atoms with Gasteiger partial charge in [0.15, 0.2) is 5.84 Å². The number of nitrogens with zero attached hydrogens (tertiary/aromatic N) is 5. The maximum Gasteiger partial charge on any atom is 0.244 e. The van der Waals surface area contributed by atoms with Crippen molar-refractivity contribution in [2.24, 2.45) is 20.7 Å². The van der Waals surface area contributed by atoms with E-state index in [9.17, 15) is 4.79 Å². The number of allylic oxidation sites excluding steroid dienone is 1. The number of nitrogens with one attached hydrogen (secondary N) is 1. The van der Waals surface area contributed by atoms with Crippen LogP contribution in [0.4, 0.5) is 5.69 Å². The summed E-state index contributed by atoms with van der Waals surface area (Å²) in [6, 6.07) is 5.69. The highest BCUT2D eigenvalue weighted by Crippen LogP contribution is 2.29. The average Bonchev–Trinajstić information content (AvgIpc) is 3.38. The Morgan fingerprint density at radius 1 is 1.36 bits per heavy atom. The molecule has 2 heterocycles. The van der Waals surface area contributed by atoms with Gasteiger partial charge in [0.2, 0.25) is 5.91 Å². The zero-order valence-corrected chi connectivity index (χ0v) is 19.8. The summed E-state index contributed by atoms with van der Waals surface area (Å²) in [7, 11) is 1.59. The number of carbonyl (C=O) groups is 1. The first kappa shape index (κ1) is 24.3. The second kappa shape index (κ2) is 11.5. The van der Waals surface area contributed by atoms with Gasteiger partial charge in [0, 0.05) is 50.1 Å². The SMILES string of the molecule is C=NC(=NCC(=O)N1CCN(c2ccc(Cl)c(OC)c2)CC1)C(/C=C\C)=C(\N)C1=NCCN1. The molecule has 0 unspecified atom stereocenters. The Bertz CT molecular complexity index is 1010. The van der Waals surface area contributed by atoms with Crippen molar-refractivity contribution >= 4 is 41.6 Å². The summed E-state index contributed by atoms with van der Waals surface area (Å²) >= 11 is 6.12. The maximum absolute atomic E-state index is 12.8. The predicted octanol–water partition coefficient (Wildman–Crippen LogP) is 1.89. The van der Waals surface area contributed by atoms with Gasteiger partial charge in [0.1, 0.15) is 18.1 Å². The number of benzene rings is 1. The van der Waals surface area contributed by atoms with Crippen molar-refractivity contribution < 1.29 is 9.53 Å². The molecule has 0 radical (unpaired) electrons. The maximum atomic E-state index is 12.8. The van der Waals surface area contributed by atoms with E-state index < -0.39 is 0 Å². The smallest absolute Gasteiger partial charge is 0.244 e. The summed E-state index contributed by atoms with van der Waals surface area (Å²) in [4.78, 5) is 29.6. The van der Waals surface area contributed by atoms with Crippen LogP contribution in [0.2, 0.25) is 5.02 Å². The Morgan fingerprint density at radius 3 is 2.73 bits per heavy atom. The van der Waals surface area contributed by atoms with E-state index in [0.717, 1.165) is 12.2 Å². The highest BCUT2D eigenvalue weighted by atomic mass is 35.5. The highest BCUT2D eigenvalue weighted by Gasteiger charge is 2.22. The number of hydrogen-bond donors (Lipinski definition) is 2. The van der Waals surface area contributed by atoms with E-state index in [-0.39, 0.29) is 12.5 Å². The zero-order chi connectivity index (χ0) is 23.8. The van der Waals surface area contributed by atoms with Crippen LogP contribution in [0.1, 0.15) is 6.92 Å². The molecule has 1 fully saturated rings. The molecule has 10 heteroatoms. The first-order chi connectivity index (χ1) is 16.0. The quantitative estimate of drug-likeness (QED) is 0.358. The van der Waals surface area contributed by atoms with Gasteiger partial charge in [-0.2, -0.15) is 0 Å². The number of methoxy groups -OCH3 is 1. The van der Waals surface area contributed by atoms with Crippen molar-refractivity contribution in [2.45, 2.75) is 6.92 Å². The van der Waals surface area contributed by atoms with Crippen molar-refractivity contribution in [3.63, 3.8) is 0 Å². The summed E-state index contributed by atoms with van der Waals surface area (Å²) in [5.74, 6) is 1.50. The molecule has 0 spiro atoms. The van der Waals surface area contributed by atoms with Gasteiger partial charge in [0.05, 0.1) is 24.4 Å². The predicted molar refractivity (Wildman–Crippen MR) is 135 cm³/mol. The summed E-state index contributed by atoms with van der Waals surface area (Å²) in [6.45, 7) is 9.45. The van der Waals surface area contributed by atoms with E-state index in [1.54, 1.807) is 18.1 Å². The molecule has 1 saturated heterocycles. The number of halogens is 1. The fourth-order valence-corrected chi connectivity index (χ4v) is 3.87. The van der Waals surface area contributed by atoms with E-state index in [1.165, 1.54) is 0 Å². The first-order valence-electron chi connectivity index (χ1n) is 10.8. The van der Waals surface area contributed by atoms with E-state index in [0.29, 0.717) is 66.4 Å². The molecule has 0 aromatic heterocycles. The topological polar surface area (TPSA) is 108 Å². The number of amidine groups is 2. The summed E-state index contributed by atoms with van der Waals surface area (Å²) in [5, 5.41) is 3.71. The van der Waals surface area contributed by atoms with Crippen molar-refractivity contribution in [1.82, 2.24) is 10.2 Å². The number of hydrogen-bond acceptors (Lipinski definition) is 7. The number of aliphatic imine (C=N–C) groups is 3. The lowest BCUT2D eigenvalue weighted by atomic mass is 10.1. The van der Waals surface area contributed by atoms with E-state index in [4.69, 9.17) is 22.1 Å². The van der Waals surface area contributed by atoms with Crippen LogP contribution in [0.5, 0.6) is 5.75 Å². The van der Waals surface area contributed by atoms with Crippen molar-refractivity contribution in [2.75, 3.05) is 57.8 Å². The Kier molecular flexibility index (Phi) is 8.48. The molecule has 1 amide bonds. The van der Waals surface area contributed by atoms with Gasteiger partial charge in [-0.1, -0.05) is 23.8 Å². The van der Waals surface area contributed by atoms with Gasteiger partial charge in [-0.15, -0.1) is 0 Å². The highest BCUT2D eigenvalue weighted by molar-refractivity contribution is 6.32. The van der Waals surface area contributed by atoms with Crippen LogP contribution in [0.25, 0.3) is 0 Å². The van der Waals surface area contributed by atoms with Crippen LogP contribution in [-0.4, -0.2) is 82.1 Å². The molecular formula is C23H30ClN7O2. The fraction of sp³-hybridized carbons (Fsp3) is 0.391. The number of amides is 1. The van der Waals surface area contributed by atoms with Gasteiger partial charge < -0.3 is 25.6 Å². The van der Waals surface area contributed by atoms with Crippen LogP contribution in [-0.2, 0) is 4.79 Å². The number of anilines is 1. The van der Waals surface area contributed by atoms with Crippen molar-refractivity contribution in [1.29, 1.82) is 0 Å². The van der Waals surface area contributed by atoms with E-state index in [1.807, 2.05) is 31.2 Å².